The molecule has 0 aliphatic carbocycles. The first kappa shape index (κ1) is 17.9. The first-order valence-electron chi connectivity index (χ1n) is 8.10. The van der Waals surface area contributed by atoms with E-state index < -0.39 is 5.79 Å². The molecule has 2 aliphatic rings. The minimum Gasteiger partial charge on any atom is -0.391 e. The maximum atomic E-state index is 10.2. The fourth-order valence-electron chi connectivity index (χ4n) is 2.93. The standard InChI is InChI=1S/C12H23NO3.C4H10/c1-5-6-8(14)10-11-9(7-13(10)4)15-12(2,3)16-11;1-3-4-2/h8-11,14H,5-7H2,1-4H3;3-4H2,1-2H3. The van der Waals surface area contributed by atoms with Crippen LogP contribution in [0.25, 0.3) is 0 Å². The van der Waals surface area contributed by atoms with Crippen LogP contribution in [0.1, 0.15) is 60.3 Å². The summed E-state index contributed by atoms with van der Waals surface area (Å²) in [6, 6.07) is 0.0757. The Morgan fingerprint density at radius 3 is 2.25 bits per heavy atom. The van der Waals surface area contributed by atoms with Crippen LogP contribution in [0.4, 0.5) is 0 Å². The lowest BCUT2D eigenvalue weighted by Crippen LogP contribution is -2.44. The van der Waals surface area contributed by atoms with Crippen LogP contribution < -0.4 is 0 Å². The first-order valence-corrected chi connectivity index (χ1v) is 8.10. The second-order valence-electron chi connectivity index (χ2n) is 6.42. The average molecular weight is 287 g/mol. The van der Waals surface area contributed by atoms with E-state index in [0.29, 0.717) is 0 Å². The van der Waals surface area contributed by atoms with Gasteiger partial charge in [0.25, 0.3) is 0 Å². The lowest BCUT2D eigenvalue weighted by molar-refractivity contribution is -0.165. The molecule has 0 radical (unpaired) electrons. The molecule has 20 heavy (non-hydrogen) atoms. The molecule has 2 fully saturated rings. The van der Waals surface area contributed by atoms with Gasteiger partial charge in [-0.2, -0.15) is 0 Å². The van der Waals surface area contributed by atoms with Gasteiger partial charge in [-0.1, -0.05) is 40.0 Å². The Kier molecular flexibility index (Phi) is 6.92. The second kappa shape index (κ2) is 7.74. The Bertz CT molecular complexity index is 281. The number of rotatable bonds is 4. The molecule has 0 bridgehead atoms. The van der Waals surface area contributed by atoms with Crippen LogP contribution in [0, 0.1) is 0 Å². The van der Waals surface area contributed by atoms with E-state index in [0.717, 1.165) is 19.4 Å². The van der Waals surface area contributed by atoms with Crippen LogP contribution in [-0.4, -0.2) is 53.7 Å². The molecule has 0 amide bonds. The van der Waals surface area contributed by atoms with Gasteiger partial charge in [0.05, 0.1) is 12.1 Å². The van der Waals surface area contributed by atoms with E-state index in [4.69, 9.17) is 9.47 Å². The largest absolute Gasteiger partial charge is 0.391 e. The van der Waals surface area contributed by atoms with Crippen molar-refractivity contribution in [2.45, 2.75) is 90.4 Å². The summed E-state index contributed by atoms with van der Waals surface area (Å²) in [5, 5.41) is 10.2. The Hall–Kier alpha value is -0.160. The number of nitrogens with zero attached hydrogens (tertiary/aromatic N) is 1. The molecule has 1 N–H and O–H groups in total. The highest BCUT2D eigenvalue weighted by Gasteiger charge is 2.53. The highest BCUT2D eigenvalue weighted by molar-refractivity contribution is 5.01. The van der Waals surface area contributed by atoms with Gasteiger partial charge in [0.2, 0.25) is 0 Å². The van der Waals surface area contributed by atoms with Crippen LogP contribution >= 0.6 is 0 Å². The molecule has 4 nitrogen and oxygen atoms in total. The Balaban J connectivity index is 0.000000444. The zero-order chi connectivity index (χ0) is 15.3. The van der Waals surface area contributed by atoms with Crippen molar-refractivity contribution in [1.82, 2.24) is 4.90 Å². The molecule has 0 aromatic rings. The number of aliphatic hydroxyl groups excluding tert-OH is 1. The van der Waals surface area contributed by atoms with E-state index in [1.54, 1.807) is 0 Å². The zero-order valence-corrected chi connectivity index (χ0v) is 14.1. The topological polar surface area (TPSA) is 41.9 Å². The van der Waals surface area contributed by atoms with Crippen LogP contribution in [0.3, 0.4) is 0 Å². The Labute approximate surface area is 124 Å². The number of likely N-dealkylation sites (tertiary alicyclic amines) is 1. The molecule has 2 heterocycles. The summed E-state index contributed by atoms with van der Waals surface area (Å²) in [6.45, 7) is 11.2. The molecule has 4 atom stereocenters. The van der Waals surface area contributed by atoms with Crippen molar-refractivity contribution in [3.63, 3.8) is 0 Å². The summed E-state index contributed by atoms with van der Waals surface area (Å²) in [6.07, 6.45) is 4.26. The summed E-state index contributed by atoms with van der Waals surface area (Å²) in [5.74, 6) is -0.499. The van der Waals surface area contributed by atoms with Gasteiger partial charge in [-0.05, 0) is 27.3 Å². The minimum atomic E-state index is -0.499. The number of ether oxygens (including phenoxy) is 2. The summed E-state index contributed by atoms with van der Waals surface area (Å²) in [7, 11) is 2.03. The highest BCUT2D eigenvalue weighted by Crippen LogP contribution is 2.37. The van der Waals surface area contributed by atoms with Gasteiger partial charge in [0.15, 0.2) is 5.79 Å². The summed E-state index contributed by atoms with van der Waals surface area (Å²) in [4.78, 5) is 2.16. The van der Waals surface area contributed by atoms with Crippen molar-refractivity contribution >= 4 is 0 Å². The maximum Gasteiger partial charge on any atom is 0.163 e. The van der Waals surface area contributed by atoms with E-state index >= 15 is 0 Å². The molecular formula is C16H33NO3. The number of fused-ring (bicyclic) bond motifs is 1. The minimum absolute atomic E-state index is 0.0153. The molecule has 120 valence electrons. The highest BCUT2D eigenvalue weighted by atomic mass is 16.8. The predicted molar refractivity (Wildman–Crippen MR) is 81.7 cm³/mol. The molecule has 0 saturated carbocycles. The Morgan fingerprint density at radius 1 is 1.15 bits per heavy atom. The predicted octanol–water partition coefficient (Wildman–Crippen LogP) is 2.79. The molecule has 0 aromatic carbocycles. The Morgan fingerprint density at radius 2 is 1.75 bits per heavy atom. The van der Waals surface area contributed by atoms with Crippen molar-refractivity contribution < 1.29 is 14.6 Å². The van der Waals surface area contributed by atoms with Gasteiger partial charge in [-0.3, -0.25) is 4.90 Å². The summed E-state index contributed by atoms with van der Waals surface area (Å²) >= 11 is 0. The third kappa shape index (κ3) is 4.42. The van der Waals surface area contributed by atoms with Crippen LogP contribution in [0.5, 0.6) is 0 Å². The number of likely N-dealkylation sites (N-methyl/N-ethyl adjacent to an activating group) is 1. The molecule has 0 aromatic heterocycles. The second-order valence-corrected chi connectivity index (χ2v) is 6.42. The van der Waals surface area contributed by atoms with Gasteiger partial charge in [0.1, 0.15) is 12.2 Å². The van der Waals surface area contributed by atoms with E-state index in [1.807, 2.05) is 20.9 Å². The van der Waals surface area contributed by atoms with Gasteiger partial charge in [-0.25, -0.2) is 0 Å². The summed E-state index contributed by atoms with van der Waals surface area (Å²) in [5.41, 5.74) is 0. The van der Waals surface area contributed by atoms with E-state index in [2.05, 4.69) is 25.7 Å². The SMILES string of the molecule is CCCC.CCCC(O)C1C2OC(C)(C)OC2CN1C. The summed E-state index contributed by atoms with van der Waals surface area (Å²) < 4.78 is 11.7. The lowest BCUT2D eigenvalue weighted by Gasteiger charge is -2.30. The molecular weight excluding hydrogens is 254 g/mol. The molecule has 2 aliphatic heterocycles. The van der Waals surface area contributed by atoms with Crippen molar-refractivity contribution in [3.8, 4) is 0 Å². The third-order valence-electron chi connectivity index (χ3n) is 4.01. The molecule has 4 unspecified atom stereocenters. The number of aliphatic hydroxyl groups is 1. The van der Waals surface area contributed by atoms with Crippen LogP contribution in [0.2, 0.25) is 0 Å². The fourth-order valence-corrected chi connectivity index (χ4v) is 2.93. The van der Waals surface area contributed by atoms with E-state index in [9.17, 15) is 5.11 Å². The van der Waals surface area contributed by atoms with Gasteiger partial charge < -0.3 is 14.6 Å². The van der Waals surface area contributed by atoms with Crippen molar-refractivity contribution in [1.29, 1.82) is 0 Å². The number of hydrogen-bond acceptors (Lipinski definition) is 4. The zero-order valence-electron chi connectivity index (χ0n) is 14.1. The number of hydrogen-bond donors (Lipinski definition) is 1. The lowest BCUT2D eigenvalue weighted by atomic mass is 10.0. The normalized spacial score (nSPS) is 33.5. The molecule has 0 spiro atoms. The van der Waals surface area contributed by atoms with Crippen molar-refractivity contribution in [2.75, 3.05) is 13.6 Å². The van der Waals surface area contributed by atoms with Gasteiger partial charge in [-0.15, -0.1) is 0 Å². The smallest absolute Gasteiger partial charge is 0.163 e. The van der Waals surface area contributed by atoms with Crippen LogP contribution in [-0.2, 0) is 9.47 Å². The van der Waals surface area contributed by atoms with Gasteiger partial charge in [0, 0.05) is 6.54 Å². The van der Waals surface area contributed by atoms with Gasteiger partial charge >= 0.3 is 0 Å². The van der Waals surface area contributed by atoms with Crippen LogP contribution in [0.15, 0.2) is 0 Å². The maximum absolute atomic E-state index is 10.2. The van der Waals surface area contributed by atoms with E-state index in [1.165, 1.54) is 12.8 Å². The monoisotopic (exact) mass is 287 g/mol. The number of unbranched alkanes of at least 4 members (excludes halogenated alkanes) is 1. The third-order valence-corrected chi connectivity index (χ3v) is 4.01. The fraction of sp³-hybridized carbons (Fsp3) is 1.00. The quantitative estimate of drug-likeness (QED) is 0.863. The molecule has 2 rings (SSSR count). The van der Waals surface area contributed by atoms with Crippen molar-refractivity contribution in [3.05, 3.63) is 0 Å². The van der Waals surface area contributed by atoms with E-state index in [-0.39, 0.29) is 24.4 Å². The molecule has 2 saturated heterocycles. The first-order chi connectivity index (χ1) is 9.36. The molecule has 4 heteroatoms. The van der Waals surface area contributed by atoms with Crippen molar-refractivity contribution in [2.24, 2.45) is 0 Å². The average Bonchev–Trinajstić information content (AvgIpc) is 2.79.